The first kappa shape index (κ1) is 11.4. The van der Waals surface area contributed by atoms with Crippen molar-refractivity contribution in [3.8, 4) is 0 Å². The van der Waals surface area contributed by atoms with Crippen molar-refractivity contribution in [1.82, 2.24) is 9.78 Å². The van der Waals surface area contributed by atoms with Gasteiger partial charge in [-0.25, -0.2) is 4.68 Å². The highest BCUT2D eigenvalue weighted by Gasteiger charge is 2.09. The number of aromatic nitrogens is 2. The summed E-state index contributed by atoms with van der Waals surface area (Å²) in [5.41, 5.74) is 6.47. The van der Waals surface area contributed by atoms with E-state index < -0.39 is 4.92 Å². The summed E-state index contributed by atoms with van der Waals surface area (Å²) in [6.45, 7) is 0.347. The lowest BCUT2D eigenvalue weighted by atomic mass is 10.2. The van der Waals surface area contributed by atoms with Gasteiger partial charge in [-0.3, -0.25) is 10.1 Å². The topological polar surface area (TPSA) is 87.0 Å². The van der Waals surface area contributed by atoms with Crippen LogP contribution in [-0.2, 0) is 6.54 Å². The minimum atomic E-state index is -0.442. The minimum absolute atomic E-state index is 0.0410. The van der Waals surface area contributed by atoms with Crippen LogP contribution in [0.5, 0.6) is 0 Å². The normalized spacial score (nSPS) is 10.4. The van der Waals surface area contributed by atoms with Crippen LogP contribution in [0.3, 0.4) is 0 Å². The van der Waals surface area contributed by atoms with Crippen LogP contribution in [0.4, 0.5) is 11.5 Å². The van der Waals surface area contributed by atoms with Gasteiger partial charge >= 0.3 is 0 Å². The quantitative estimate of drug-likeness (QED) is 0.669. The third-order valence-corrected chi connectivity index (χ3v) is 2.58. The second-order valence-electron chi connectivity index (χ2n) is 3.46. The molecule has 0 spiro atoms. The molecule has 0 fully saturated rings. The third kappa shape index (κ3) is 2.36. The van der Waals surface area contributed by atoms with Crippen LogP contribution in [0.25, 0.3) is 0 Å². The lowest BCUT2D eigenvalue weighted by molar-refractivity contribution is -0.384. The molecular formula is C10H9ClN4O2. The Morgan fingerprint density at radius 2 is 2.29 bits per heavy atom. The average Bonchev–Trinajstić information content (AvgIpc) is 2.61. The Hall–Kier alpha value is -2.08. The van der Waals surface area contributed by atoms with E-state index in [2.05, 4.69) is 5.10 Å². The van der Waals surface area contributed by atoms with Gasteiger partial charge in [-0.1, -0.05) is 23.7 Å². The molecule has 6 nitrogen and oxygen atoms in total. The summed E-state index contributed by atoms with van der Waals surface area (Å²) in [6, 6.07) is 6.30. The van der Waals surface area contributed by atoms with Crippen LogP contribution in [0.15, 0.2) is 30.5 Å². The van der Waals surface area contributed by atoms with Gasteiger partial charge in [0.1, 0.15) is 10.8 Å². The van der Waals surface area contributed by atoms with Crippen LogP contribution in [-0.4, -0.2) is 14.7 Å². The molecule has 0 amide bonds. The molecule has 0 bridgehead atoms. The Bertz CT molecular complexity index is 567. The lowest BCUT2D eigenvalue weighted by Crippen LogP contribution is -2.06. The number of hydrogen-bond donors (Lipinski definition) is 1. The van der Waals surface area contributed by atoms with E-state index in [1.807, 2.05) is 0 Å². The number of nitrogens with two attached hydrogens (primary N) is 1. The van der Waals surface area contributed by atoms with Gasteiger partial charge in [0.25, 0.3) is 5.69 Å². The number of halogens is 1. The van der Waals surface area contributed by atoms with E-state index in [0.717, 1.165) is 5.56 Å². The van der Waals surface area contributed by atoms with E-state index in [0.29, 0.717) is 17.4 Å². The summed E-state index contributed by atoms with van der Waals surface area (Å²) in [4.78, 5) is 10.2. The molecule has 0 saturated heterocycles. The van der Waals surface area contributed by atoms with Crippen LogP contribution in [0.2, 0.25) is 5.02 Å². The number of benzene rings is 1. The first-order chi connectivity index (χ1) is 8.08. The fraction of sp³-hybridized carbons (Fsp3) is 0.100. The molecule has 0 atom stereocenters. The largest absolute Gasteiger partial charge is 0.383 e. The highest BCUT2D eigenvalue weighted by atomic mass is 35.5. The van der Waals surface area contributed by atoms with E-state index in [1.165, 1.54) is 23.0 Å². The maximum Gasteiger partial charge on any atom is 0.269 e. The molecular weight excluding hydrogens is 244 g/mol. The number of nitrogen functional groups attached to an aromatic ring is 1. The van der Waals surface area contributed by atoms with Crippen LogP contribution in [0.1, 0.15) is 5.56 Å². The Morgan fingerprint density at radius 3 is 2.88 bits per heavy atom. The Kier molecular flexibility index (Phi) is 2.97. The molecule has 0 saturated carbocycles. The summed E-state index contributed by atoms with van der Waals surface area (Å²) < 4.78 is 1.49. The van der Waals surface area contributed by atoms with Crippen molar-refractivity contribution in [2.75, 3.05) is 5.73 Å². The van der Waals surface area contributed by atoms with Crippen molar-refractivity contribution in [2.24, 2.45) is 0 Å². The Morgan fingerprint density at radius 1 is 1.53 bits per heavy atom. The second kappa shape index (κ2) is 4.42. The number of nitrogens with zero attached hydrogens (tertiary/aromatic N) is 3. The number of nitro benzene ring substituents is 1. The Balaban J connectivity index is 2.27. The first-order valence-electron chi connectivity index (χ1n) is 4.78. The number of anilines is 1. The zero-order chi connectivity index (χ0) is 12.4. The molecule has 0 aliphatic heterocycles. The smallest absolute Gasteiger partial charge is 0.269 e. The van der Waals surface area contributed by atoms with Crippen molar-refractivity contribution in [1.29, 1.82) is 0 Å². The first-order valence-corrected chi connectivity index (χ1v) is 5.16. The molecule has 1 heterocycles. The highest BCUT2D eigenvalue weighted by molar-refractivity contribution is 6.32. The SMILES string of the molecule is Nc1c(Cl)cnn1Cc1cccc([N+](=O)[O-])c1. The van der Waals surface area contributed by atoms with Crippen molar-refractivity contribution in [3.63, 3.8) is 0 Å². The van der Waals surface area contributed by atoms with Gasteiger partial charge in [-0.05, 0) is 5.56 Å². The summed E-state index contributed by atoms with van der Waals surface area (Å²) >= 11 is 5.76. The molecule has 2 aromatic rings. The fourth-order valence-electron chi connectivity index (χ4n) is 1.44. The summed E-state index contributed by atoms with van der Waals surface area (Å²) in [5, 5.41) is 15.0. The predicted molar refractivity (Wildman–Crippen MR) is 63.8 cm³/mol. The molecule has 1 aromatic carbocycles. The number of non-ortho nitro benzene ring substituents is 1. The maximum atomic E-state index is 10.6. The number of rotatable bonds is 3. The molecule has 0 radical (unpaired) electrons. The van der Waals surface area contributed by atoms with E-state index in [4.69, 9.17) is 17.3 Å². The Labute approximate surface area is 102 Å². The molecule has 0 aliphatic carbocycles. The van der Waals surface area contributed by atoms with Gasteiger partial charge in [-0.15, -0.1) is 0 Å². The zero-order valence-electron chi connectivity index (χ0n) is 8.71. The van der Waals surface area contributed by atoms with Crippen LogP contribution in [0, 0.1) is 10.1 Å². The van der Waals surface area contributed by atoms with Gasteiger partial charge in [0.05, 0.1) is 17.7 Å². The van der Waals surface area contributed by atoms with Crippen LogP contribution >= 0.6 is 11.6 Å². The second-order valence-corrected chi connectivity index (χ2v) is 3.87. The van der Waals surface area contributed by atoms with Crippen LogP contribution < -0.4 is 5.73 Å². The molecule has 0 aliphatic rings. The molecule has 2 N–H and O–H groups in total. The lowest BCUT2D eigenvalue weighted by Gasteiger charge is -2.04. The van der Waals surface area contributed by atoms with Gasteiger partial charge < -0.3 is 5.73 Å². The maximum absolute atomic E-state index is 10.6. The van der Waals surface area contributed by atoms with Crippen molar-refractivity contribution in [2.45, 2.75) is 6.54 Å². The van der Waals surface area contributed by atoms with Gasteiger partial charge in [0.2, 0.25) is 0 Å². The van der Waals surface area contributed by atoms with Gasteiger partial charge in [-0.2, -0.15) is 5.10 Å². The van der Waals surface area contributed by atoms with E-state index >= 15 is 0 Å². The fourth-order valence-corrected chi connectivity index (χ4v) is 1.58. The average molecular weight is 253 g/mol. The molecule has 17 heavy (non-hydrogen) atoms. The molecule has 1 aromatic heterocycles. The van der Waals surface area contributed by atoms with E-state index in [9.17, 15) is 10.1 Å². The van der Waals surface area contributed by atoms with Crippen molar-refractivity contribution in [3.05, 3.63) is 51.2 Å². The molecule has 7 heteroatoms. The van der Waals surface area contributed by atoms with Gasteiger partial charge in [0, 0.05) is 12.1 Å². The molecule has 0 unspecified atom stereocenters. The zero-order valence-corrected chi connectivity index (χ0v) is 9.46. The highest BCUT2D eigenvalue weighted by Crippen LogP contribution is 2.19. The summed E-state index contributed by atoms with van der Waals surface area (Å²) in [7, 11) is 0. The predicted octanol–water partition coefficient (Wildman–Crippen LogP) is 2.08. The van der Waals surface area contributed by atoms with E-state index in [-0.39, 0.29) is 5.69 Å². The monoisotopic (exact) mass is 252 g/mol. The molecule has 2 rings (SSSR count). The minimum Gasteiger partial charge on any atom is -0.383 e. The van der Waals surface area contributed by atoms with Crippen molar-refractivity contribution >= 4 is 23.1 Å². The van der Waals surface area contributed by atoms with Gasteiger partial charge in [0.15, 0.2) is 0 Å². The molecule has 88 valence electrons. The third-order valence-electron chi connectivity index (χ3n) is 2.29. The van der Waals surface area contributed by atoms with E-state index in [1.54, 1.807) is 12.1 Å². The van der Waals surface area contributed by atoms with Crippen molar-refractivity contribution < 1.29 is 4.92 Å². The summed E-state index contributed by atoms with van der Waals surface area (Å²) in [6.07, 6.45) is 1.44. The number of hydrogen-bond acceptors (Lipinski definition) is 4. The number of nitro groups is 1. The standard InChI is InChI=1S/C10H9ClN4O2/c11-9-5-13-14(10(9)12)6-7-2-1-3-8(4-7)15(16)17/h1-5H,6,12H2. The summed E-state index contributed by atoms with van der Waals surface area (Å²) in [5.74, 6) is 0.346.